The zero-order chi connectivity index (χ0) is 20.1. The molecule has 0 bridgehead atoms. The number of aliphatic imine (C=N–C) groups is 1. The molecule has 0 radical (unpaired) electrons. The Hall–Kier alpha value is -1.84. The minimum atomic E-state index is -0.305. The number of halogens is 1. The topological polar surface area (TPSA) is 74.0 Å². The van der Waals surface area contributed by atoms with Gasteiger partial charge >= 0.3 is 0 Å². The van der Waals surface area contributed by atoms with Gasteiger partial charge in [0, 0.05) is 53.0 Å². The summed E-state index contributed by atoms with van der Waals surface area (Å²) >= 11 is 0. The van der Waals surface area contributed by atoms with Crippen molar-refractivity contribution in [3.8, 4) is 0 Å². The number of fused-ring (bicyclic) bond motifs is 1. The number of imidazole rings is 1. The Labute approximate surface area is 190 Å². The second kappa shape index (κ2) is 10.3. The van der Waals surface area contributed by atoms with E-state index in [0.717, 1.165) is 55.9 Å². The van der Waals surface area contributed by atoms with E-state index in [1.807, 2.05) is 26.4 Å². The normalized spacial score (nSPS) is 15.8. The average Bonchev–Trinajstić information content (AvgIpc) is 3.32. The number of hydrogen-bond acceptors (Lipinski definition) is 3. The zero-order valence-corrected chi connectivity index (χ0v) is 20.2. The van der Waals surface area contributed by atoms with E-state index in [-0.39, 0.29) is 35.3 Å². The van der Waals surface area contributed by atoms with Crippen LogP contribution in [0, 0.1) is 12.3 Å². The second-order valence-corrected chi connectivity index (χ2v) is 7.94. The first-order valence-electron chi connectivity index (χ1n) is 10.0. The fraction of sp³-hybridized carbons (Fsp3) is 0.571. The molecule has 8 heteroatoms. The third-order valence-corrected chi connectivity index (χ3v) is 5.64. The molecule has 0 atom stereocenters. The Kier molecular flexibility index (Phi) is 8.30. The lowest BCUT2D eigenvalue weighted by molar-refractivity contribution is -0.138. The van der Waals surface area contributed by atoms with E-state index >= 15 is 0 Å². The molecule has 0 aromatic carbocycles. The fourth-order valence-electron chi connectivity index (χ4n) is 4.10. The van der Waals surface area contributed by atoms with Crippen LogP contribution in [0.2, 0.25) is 0 Å². The number of carbonyl (C=O) groups is 1. The maximum atomic E-state index is 12.7. The molecule has 1 amide bonds. The molecule has 29 heavy (non-hydrogen) atoms. The molecule has 7 nitrogen and oxygen atoms in total. The number of nitrogens with one attached hydrogen (secondary N) is 2. The maximum absolute atomic E-state index is 12.7. The van der Waals surface area contributed by atoms with Crippen molar-refractivity contribution in [1.82, 2.24) is 24.9 Å². The largest absolute Gasteiger partial charge is 0.356 e. The van der Waals surface area contributed by atoms with E-state index in [1.165, 1.54) is 5.56 Å². The third-order valence-electron chi connectivity index (χ3n) is 5.64. The summed E-state index contributed by atoms with van der Waals surface area (Å²) in [7, 11) is 5.44. The van der Waals surface area contributed by atoms with Gasteiger partial charge in [0.2, 0.25) is 5.91 Å². The number of hydrogen-bond donors (Lipinski definition) is 2. The van der Waals surface area contributed by atoms with Crippen LogP contribution < -0.4 is 10.6 Å². The van der Waals surface area contributed by atoms with Gasteiger partial charge in [-0.05, 0) is 31.4 Å². The van der Waals surface area contributed by atoms with Crippen molar-refractivity contribution in [3.05, 3.63) is 35.8 Å². The fourth-order valence-corrected chi connectivity index (χ4v) is 4.10. The standard InChI is InChI=1S/C21H32N6O.HI/c1-16-8-7-13-27-14-17(25-18(16)27)9-12-23-20(22-2)24-15-21(10-5-6-11-21)19(28)26(3)4;/h7-8,13-14H,5-6,9-12,15H2,1-4H3,(H2,22,23,24);1H. The average molecular weight is 512 g/mol. The van der Waals surface area contributed by atoms with Crippen LogP contribution in [-0.4, -0.2) is 60.4 Å². The van der Waals surface area contributed by atoms with Crippen LogP contribution in [0.5, 0.6) is 0 Å². The van der Waals surface area contributed by atoms with E-state index in [0.29, 0.717) is 6.54 Å². The molecule has 2 aromatic heterocycles. The highest BCUT2D eigenvalue weighted by Crippen LogP contribution is 2.38. The van der Waals surface area contributed by atoms with Gasteiger partial charge in [-0.15, -0.1) is 24.0 Å². The molecule has 1 aliphatic carbocycles. The number of aromatic nitrogens is 2. The summed E-state index contributed by atoms with van der Waals surface area (Å²) in [5, 5.41) is 6.73. The van der Waals surface area contributed by atoms with Gasteiger partial charge in [-0.2, -0.15) is 0 Å². The highest BCUT2D eigenvalue weighted by atomic mass is 127. The van der Waals surface area contributed by atoms with Crippen LogP contribution in [0.4, 0.5) is 0 Å². The molecule has 160 valence electrons. The van der Waals surface area contributed by atoms with Crippen molar-refractivity contribution in [1.29, 1.82) is 0 Å². The van der Waals surface area contributed by atoms with Gasteiger partial charge in [-0.3, -0.25) is 9.79 Å². The number of rotatable bonds is 6. The van der Waals surface area contributed by atoms with Crippen molar-refractivity contribution in [2.24, 2.45) is 10.4 Å². The molecule has 1 aliphatic rings. The van der Waals surface area contributed by atoms with Gasteiger partial charge in [0.05, 0.1) is 11.1 Å². The summed E-state index contributed by atoms with van der Waals surface area (Å²) in [6, 6.07) is 4.11. The first-order valence-corrected chi connectivity index (χ1v) is 10.0. The van der Waals surface area contributed by atoms with Crippen LogP contribution in [0.25, 0.3) is 5.65 Å². The first kappa shape index (κ1) is 23.4. The van der Waals surface area contributed by atoms with E-state index in [9.17, 15) is 4.79 Å². The molecule has 0 saturated heterocycles. The summed E-state index contributed by atoms with van der Waals surface area (Å²) < 4.78 is 2.06. The quantitative estimate of drug-likeness (QED) is 0.355. The van der Waals surface area contributed by atoms with Gasteiger partial charge < -0.3 is 19.9 Å². The van der Waals surface area contributed by atoms with Crippen LogP contribution in [0.1, 0.15) is 36.9 Å². The summed E-state index contributed by atoms with van der Waals surface area (Å²) in [6.07, 6.45) is 9.01. The van der Waals surface area contributed by atoms with Gasteiger partial charge in [0.1, 0.15) is 5.65 Å². The van der Waals surface area contributed by atoms with E-state index < -0.39 is 0 Å². The van der Waals surface area contributed by atoms with Crippen molar-refractivity contribution < 1.29 is 4.79 Å². The first-order chi connectivity index (χ1) is 13.4. The van der Waals surface area contributed by atoms with Crippen LogP contribution >= 0.6 is 24.0 Å². The Morgan fingerprint density at radius 1 is 1.31 bits per heavy atom. The lowest BCUT2D eigenvalue weighted by Gasteiger charge is -2.31. The molecule has 2 N–H and O–H groups in total. The van der Waals surface area contributed by atoms with Gasteiger partial charge in [0.25, 0.3) is 0 Å². The summed E-state index contributed by atoms with van der Waals surface area (Å²) in [5.41, 5.74) is 2.92. The maximum Gasteiger partial charge on any atom is 0.230 e. The van der Waals surface area contributed by atoms with E-state index in [2.05, 4.69) is 39.2 Å². The molecule has 1 fully saturated rings. The smallest absolute Gasteiger partial charge is 0.230 e. The molecule has 0 spiro atoms. The number of guanidine groups is 1. The SMILES string of the molecule is CN=C(NCCc1cn2cccc(C)c2n1)NCC1(C(=O)N(C)C)CCCC1.I. The number of nitrogens with zero attached hydrogens (tertiary/aromatic N) is 4. The monoisotopic (exact) mass is 512 g/mol. The molecule has 1 saturated carbocycles. The molecule has 0 unspecified atom stereocenters. The number of aryl methyl sites for hydroxylation is 1. The molecule has 2 heterocycles. The Morgan fingerprint density at radius 2 is 2.03 bits per heavy atom. The van der Waals surface area contributed by atoms with Crippen molar-refractivity contribution >= 4 is 41.5 Å². The predicted octanol–water partition coefficient (Wildman–Crippen LogP) is 2.62. The lowest BCUT2D eigenvalue weighted by Crippen LogP contribution is -2.49. The zero-order valence-electron chi connectivity index (χ0n) is 17.9. The Balaban J connectivity index is 0.00000300. The minimum Gasteiger partial charge on any atom is -0.356 e. The Morgan fingerprint density at radius 3 is 2.66 bits per heavy atom. The second-order valence-electron chi connectivity index (χ2n) is 7.94. The van der Waals surface area contributed by atoms with Crippen molar-refractivity contribution in [3.63, 3.8) is 0 Å². The molecule has 2 aromatic rings. The van der Waals surface area contributed by atoms with Gasteiger partial charge in [0.15, 0.2) is 5.96 Å². The molecular formula is C21H33IN6O. The number of amides is 1. The van der Waals surface area contributed by atoms with E-state index in [4.69, 9.17) is 4.98 Å². The minimum absolute atomic E-state index is 0. The molecule has 0 aliphatic heterocycles. The van der Waals surface area contributed by atoms with Crippen LogP contribution in [0.3, 0.4) is 0 Å². The highest BCUT2D eigenvalue weighted by Gasteiger charge is 2.42. The lowest BCUT2D eigenvalue weighted by atomic mass is 9.84. The van der Waals surface area contributed by atoms with Gasteiger partial charge in [-0.1, -0.05) is 18.9 Å². The van der Waals surface area contributed by atoms with E-state index in [1.54, 1.807) is 11.9 Å². The van der Waals surface area contributed by atoms with Crippen LogP contribution in [-0.2, 0) is 11.2 Å². The van der Waals surface area contributed by atoms with Crippen molar-refractivity contribution in [2.75, 3.05) is 34.2 Å². The van der Waals surface area contributed by atoms with Crippen LogP contribution in [0.15, 0.2) is 29.5 Å². The molecular weight excluding hydrogens is 479 g/mol. The van der Waals surface area contributed by atoms with Gasteiger partial charge in [-0.25, -0.2) is 4.98 Å². The molecule has 3 rings (SSSR count). The Bertz CT molecular complexity index is 854. The van der Waals surface area contributed by atoms with Crippen molar-refractivity contribution in [2.45, 2.75) is 39.0 Å². The third kappa shape index (κ3) is 5.40. The summed E-state index contributed by atoms with van der Waals surface area (Å²) in [6.45, 7) is 3.43. The highest BCUT2D eigenvalue weighted by molar-refractivity contribution is 14.0. The number of carbonyl (C=O) groups excluding carboxylic acids is 1. The summed E-state index contributed by atoms with van der Waals surface area (Å²) in [5.74, 6) is 0.950. The predicted molar refractivity (Wildman–Crippen MR) is 128 cm³/mol. The summed E-state index contributed by atoms with van der Waals surface area (Å²) in [4.78, 5) is 23.4. The number of pyridine rings is 1.